The molecule has 0 fully saturated rings. The number of rotatable bonds is 8. The first kappa shape index (κ1) is 15.2. The van der Waals surface area contributed by atoms with Crippen LogP contribution in [0.3, 0.4) is 0 Å². The minimum atomic E-state index is 0.0909. The first-order valence-electron chi connectivity index (χ1n) is 6.65. The van der Waals surface area contributed by atoms with Gasteiger partial charge in [-0.2, -0.15) is 11.3 Å². The van der Waals surface area contributed by atoms with Gasteiger partial charge in [0, 0.05) is 12.1 Å². The maximum Gasteiger partial charge on any atom is 0.234 e. The zero-order valence-electron chi connectivity index (χ0n) is 11.5. The van der Waals surface area contributed by atoms with Crippen LogP contribution in [0.4, 0.5) is 0 Å². The average Bonchev–Trinajstić information content (AvgIpc) is 2.79. The molecule has 3 nitrogen and oxygen atoms in total. The second kappa shape index (κ2) is 8.27. The van der Waals surface area contributed by atoms with E-state index in [-0.39, 0.29) is 11.9 Å². The molecule has 1 heterocycles. The molecule has 2 atom stereocenters. The monoisotopic (exact) mass is 268 g/mol. The van der Waals surface area contributed by atoms with Crippen LogP contribution in [0.2, 0.25) is 0 Å². The summed E-state index contributed by atoms with van der Waals surface area (Å²) in [4.78, 5) is 11.7. The zero-order valence-corrected chi connectivity index (χ0v) is 12.3. The van der Waals surface area contributed by atoms with E-state index in [1.165, 1.54) is 5.56 Å². The molecular formula is C14H24N2OS. The van der Waals surface area contributed by atoms with Crippen LogP contribution in [0.1, 0.15) is 39.2 Å². The highest BCUT2D eigenvalue weighted by Crippen LogP contribution is 2.08. The van der Waals surface area contributed by atoms with Gasteiger partial charge in [0.2, 0.25) is 5.91 Å². The Balaban J connectivity index is 2.17. The van der Waals surface area contributed by atoms with Crippen molar-refractivity contribution in [1.29, 1.82) is 0 Å². The number of carbonyl (C=O) groups excluding carboxylic acids is 1. The smallest absolute Gasteiger partial charge is 0.234 e. The molecule has 102 valence electrons. The Morgan fingerprint density at radius 3 is 2.78 bits per heavy atom. The van der Waals surface area contributed by atoms with Gasteiger partial charge >= 0.3 is 0 Å². The SMILES string of the molecule is CCCC(C)NC(=O)CNC(C)Cc1ccsc1. The lowest BCUT2D eigenvalue weighted by Gasteiger charge is -2.16. The third kappa shape index (κ3) is 6.17. The van der Waals surface area contributed by atoms with Crippen LogP contribution in [0.5, 0.6) is 0 Å². The van der Waals surface area contributed by atoms with Gasteiger partial charge in [-0.05, 0) is 49.1 Å². The Kier molecular flexibility index (Phi) is 6.98. The molecule has 0 aliphatic heterocycles. The van der Waals surface area contributed by atoms with E-state index >= 15 is 0 Å². The van der Waals surface area contributed by atoms with E-state index in [9.17, 15) is 4.79 Å². The summed E-state index contributed by atoms with van der Waals surface area (Å²) in [6.45, 7) is 6.69. The molecule has 1 aromatic rings. The summed E-state index contributed by atoms with van der Waals surface area (Å²) in [6, 6.07) is 2.73. The van der Waals surface area contributed by atoms with Gasteiger partial charge in [-0.15, -0.1) is 0 Å². The molecule has 0 spiro atoms. The fraction of sp³-hybridized carbons (Fsp3) is 0.643. The predicted octanol–water partition coefficient (Wildman–Crippen LogP) is 2.57. The summed E-state index contributed by atoms with van der Waals surface area (Å²) in [7, 11) is 0. The van der Waals surface area contributed by atoms with E-state index in [0.717, 1.165) is 19.3 Å². The van der Waals surface area contributed by atoms with Crippen molar-refractivity contribution in [3.05, 3.63) is 22.4 Å². The average molecular weight is 268 g/mol. The Bertz CT molecular complexity index is 338. The topological polar surface area (TPSA) is 41.1 Å². The van der Waals surface area contributed by atoms with Crippen molar-refractivity contribution in [2.45, 2.75) is 52.1 Å². The highest BCUT2D eigenvalue weighted by molar-refractivity contribution is 7.07. The molecule has 1 rings (SSSR count). The van der Waals surface area contributed by atoms with Gasteiger partial charge < -0.3 is 10.6 Å². The number of hydrogen-bond acceptors (Lipinski definition) is 3. The van der Waals surface area contributed by atoms with Crippen molar-refractivity contribution in [3.8, 4) is 0 Å². The van der Waals surface area contributed by atoms with Crippen LogP contribution in [0, 0.1) is 0 Å². The van der Waals surface area contributed by atoms with Crippen molar-refractivity contribution in [1.82, 2.24) is 10.6 Å². The molecule has 18 heavy (non-hydrogen) atoms. The number of amides is 1. The maximum atomic E-state index is 11.7. The summed E-state index contributed by atoms with van der Waals surface area (Å²) >= 11 is 1.71. The molecule has 4 heteroatoms. The lowest BCUT2D eigenvalue weighted by molar-refractivity contribution is -0.121. The Hall–Kier alpha value is -0.870. The predicted molar refractivity (Wildman–Crippen MR) is 78.0 cm³/mol. The van der Waals surface area contributed by atoms with Gasteiger partial charge in [0.25, 0.3) is 0 Å². The first-order chi connectivity index (χ1) is 8.61. The van der Waals surface area contributed by atoms with Crippen molar-refractivity contribution in [3.63, 3.8) is 0 Å². The van der Waals surface area contributed by atoms with Crippen molar-refractivity contribution < 1.29 is 4.79 Å². The lowest BCUT2D eigenvalue weighted by atomic mass is 10.1. The lowest BCUT2D eigenvalue weighted by Crippen LogP contribution is -2.42. The summed E-state index contributed by atoms with van der Waals surface area (Å²) in [6.07, 6.45) is 3.11. The van der Waals surface area contributed by atoms with E-state index in [1.54, 1.807) is 11.3 Å². The van der Waals surface area contributed by atoms with Crippen LogP contribution in [0.25, 0.3) is 0 Å². The van der Waals surface area contributed by atoms with Crippen molar-refractivity contribution in [2.24, 2.45) is 0 Å². The molecule has 0 radical (unpaired) electrons. The number of carbonyl (C=O) groups is 1. The van der Waals surface area contributed by atoms with Crippen molar-refractivity contribution >= 4 is 17.2 Å². The number of nitrogens with one attached hydrogen (secondary N) is 2. The van der Waals surface area contributed by atoms with Crippen LogP contribution in [0.15, 0.2) is 16.8 Å². The van der Waals surface area contributed by atoms with Gasteiger partial charge in [-0.3, -0.25) is 4.79 Å². The zero-order chi connectivity index (χ0) is 13.4. The van der Waals surface area contributed by atoms with E-state index in [4.69, 9.17) is 0 Å². The molecule has 1 aromatic heterocycles. The summed E-state index contributed by atoms with van der Waals surface area (Å²) in [5, 5.41) is 10.5. The Morgan fingerprint density at radius 2 is 2.17 bits per heavy atom. The van der Waals surface area contributed by atoms with Crippen LogP contribution >= 0.6 is 11.3 Å². The van der Waals surface area contributed by atoms with Crippen LogP contribution < -0.4 is 10.6 Å². The summed E-state index contributed by atoms with van der Waals surface area (Å²) in [5.41, 5.74) is 1.33. The molecule has 2 unspecified atom stereocenters. The van der Waals surface area contributed by atoms with E-state index in [1.807, 2.05) is 0 Å². The Morgan fingerprint density at radius 1 is 1.39 bits per heavy atom. The molecular weight excluding hydrogens is 244 g/mol. The molecule has 0 saturated carbocycles. The molecule has 2 N–H and O–H groups in total. The van der Waals surface area contributed by atoms with Gasteiger partial charge in [-0.25, -0.2) is 0 Å². The van der Waals surface area contributed by atoms with Crippen molar-refractivity contribution in [2.75, 3.05) is 6.54 Å². The fourth-order valence-electron chi connectivity index (χ4n) is 1.93. The maximum absolute atomic E-state index is 11.7. The highest BCUT2D eigenvalue weighted by Gasteiger charge is 2.08. The normalized spacial score (nSPS) is 14.2. The minimum Gasteiger partial charge on any atom is -0.353 e. The van der Waals surface area contributed by atoms with E-state index < -0.39 is 0 Å². The second-order valence-corrected chi connectivity index (χ2v) is 5.65. The molecule has 1 amide bonds. The molecule has 0 aliphatic rings. The minimum absolute atomic E-state index is 0.0909. The fourth-order valence-corrected chi connectivity index (χ4v) is 2.61. The highest BCUT2D eigenvalue weighted by atomic mass is 32.1. The largest absolute Gasteiger partial charge is 0.353 e. The summed E-state index contributed by atoms with van der Waals surface area (Å²) < 4.78 is 0. The van der Waals surface area contributed by atoms with Gasteiger partial charge in [0.1, 0.15) is 0 Å². The summed E-state index contributed by atoms with van der Waals surface area (Å²) in [5.74, 6) is 0.0909. The Labute approximate surface area is 114 Å². The first-order valence-corrected chi connectivity index (χ1v) is 7.60. The molecule has 0 aromatic carbocycles. The standard InChI is InChI=1S/C14H24N2OS/c1-4-5-11(2)16-14(17)9-15-12(3)8-13-6-7-18-10-13/h6-7,10-12,15H,4-5,8-9H2,1-3H3,(H,16,17). The second-order valence-electron chi connectivity index (χ2n) is 4.87. The third-order valence-electron chi connectivity index (χ3n) is 2.86. The van der Waals surface area contributed by atoms with Crippen LogP contribution in [-0.2, 0) is 11.2 Å². The number of hydrogen-bond donors (Lipinski definition) is 2. The third-order valence-corrected chi connectivity index (χ3v) is 3.59. The molecule has 0 bridgehead atoms. The van der Waals surface area contributed by atoms with Crippen LogP contribution in [-0.4, -0.2) is 24.5 Å². The van der Waals surface area contributed by atoms with Gasteiger partial charge in [-0.1, -0.05) is 13.3 Å². The van der Waals surface area contributed by atoms with Gasteiger partial charge in [0.05, 0.1) is 6.54 Å². The van der Waals surface area contributed by atoms with E-state index in [0.29, 0.717) is 12.6 Å². The quantitative estimate of drug-likeness (QED) is 0.761. The van der Waals surface area contributed by atoms with E-state index in [2.05, 4.69) is 48.2 Å². The number of thiophene rings is 1. The molecule has 0 saturated heterocycles. The van der Waals surface area contributed by atoms with Gasteiger partial charge in [0.15, 0.2) is 0 Å². The molecule has 0 aliphatic carbocycles.